The highest BCUT2D eigenvalue weighted by Gasteiger charge is 2.45. The van der Waals surface area contributed by atoms with Gasteiger partial charge >= 0.3 is 0 Å². The van der Waals surface area contributed by atoms with E-state index < -0.39 is 6.04 Å². The Balaban J connectivity index is 1.66. The fourth-order valence-electron chi connectivity index (χ4n) is 4.31. The van der Waals surface area contributed by atoms with Crippen LogP contribution in [-0.2, 0) is 0 Å². The molecule has 2 aromatic heterocycles. The third-order valence-electron chi connectivity index (χ3n) is 6.19. The highest BCUT2D eigenvalue weighted by atomic mass is 32.1. The van der Waals surface area contributed by atoms with Gasteiger partial charge in [0.25, 0.3) is 5.91 Å². The predicted molar refractivity (Wildman–Crippen MR) is 134 cm³/mol. The van der Waals surface area contributed by atoms with Crippen LogP contribution in [0.4, 0.5) is 5.13 Å². The van der Waals surface area contributed by atoms with Gasteiger partial charge in [0.1, 0.15) is 11.3 Å². The number of unbranched alkanes of at least 4 members (excludes halogenated alkanes) is 2. The average Bonchev–Trinajstić information content (AvgIpc) is 3.33. The second kappa shape index (κ2) is 9.06. The van der Waals surface area contributed by atoms with Gasteiger partial charge in [-0.05, 0) is 50.1 Å². The Morgan fingerprint density at radius 2 is 1.91 bits per heavy atom. The van der Waals surface area contributed by atoms with Crippen molar-refractivity contribution >= 4 is 33.3 Å². The Labute approximate surface area is 201 Å². The number of thiazole rings is 1. The minimum atomic E-state index is -0.646. The van der Waals surface area contributed by atoms with Gasteiger partial charge in [0.15, 0.2) is 10.6 Å². The van der Waals surface area contributed by atoms with Gasteiger partial charge in [0.2, 0.25) is 5.76 Å². The molecule has 174 valence electrons. The third kappa shape index (κ3) is 3.80. The Hall–Kier alpha value is -3.45. The maximum absolute atomic E-state index is 13.7. The molecule has 6 nitrogen and oxygen atoms in total. The number of carbonyl (C=O) groups is 1. The molecule has 0 spiro atoms. The highest BCUT2D eigenvalue weighted by Crippen LogP contribution is 2.43. The van der Waals surface area contributed by atoms with Crippen molar-refractivity contribution in [2.75, 3.05) is 11.5 Å². The fourth-order valence-corrected chi connectivity index (χ4v) is 5.24. The minimum absolute atomic E-state index is 0.0773. The largest absolute Gasteiger partial charge is 0.494 e. The number of rotatable bonds is 7. The molecule has 7 heteroatoms. The number of aryl methyl sites for hydroxylation is 2. The number of ether oxygens (including phenoxy) is 1. The zero-order valence-electron chi connectivity index (χ0n) is 19.5. The van der Waals surface area contributed by atoms with Gasteiger partial charge < -0.3 is 9.15 Å². The summed E-state index contributed by atoms with van der Waals surface area (Å²) in [6.45, 7) is 6.67. The van der Waals surface area contributed by atoms with E-state index in [2.05, 4.69) is 11.9 Å². The minimum Gasteiger partial charge on any atom is -0.494 e. The molecule has 1 aliphatic heterocycles. The number of amides is 1. The summed E-state index contributed by atoms with van der Waals surface area (Å²) in [5.41, 5.74) is 2.20. The van der Waals surface area contributed by atoms with Gasteiger partial charge in [-0.2, -0.15) is 0 Å². The van der Waals surface area contributed by atoms with E-state index in [4.69, 9.17) is 9.15 Å². The van der Waals surface area contributed by atoms with E-state index in [1.807, 2.05) is 38.1 Å². The van der Waals surface area contributed by atoms with Gasteiger partial charge in [0, 0.05) is 4.88 Å². The molecule has 5 rings (SSSR count). The van der Waals surface area contributed by atoms with E-state index in [0.29, 0.717) is 34.0 Å². The summed E-state index contributed by atoms with van der Waals surface area (Å²) in [5.74, 6) is 0.436. The van der Waals surface area contributed by atoms with Crippen molar-refractivity contribution in [1.82, 2.24) is 4.98 Å². The van der Waals surface area contributed by atoms with Crippen LogP contribution in [0, 0.1) is 13.8 Å². The lowest BCUT2D eigenvalue weighted by Crippen LogP contribution is -2.29. The number of para-hydroxylation sites is 1. The normalized spacial score (nSPS) is 15.2. The number of fused-ring (bicyclic) bond motifs is 2. The first-order valence-corrected chi connectivity index (χ1v) is 12.4. The predicted octanol–water partition coefficient (Wildman–Crippen LogP) is 6.19. The highest BCUT2D eigenvalue weighted by molar-refractivity contribution is 7.15. The summed E-state index contributed by atoms with van der Waals surface area (Å²) >= 11 is 1.44. The molecule has 0 saturated heterocycles. The smallest absolute Gasteiger partial charge is 0.297 e. The Morgan fingerprint density at radius 1 is 1.09 bits per heavy atom. The van der Waals surface area contributed by atoms with E-state index in [1.165, 1.54) is 11.3 Å². The SMILES string of the molecule is CCCCCOc1cccc([C@@H]2c3c(oc4ccccc4c3=O)C(=O)N2c2nc(C)c(C)s2)c1. The van der Waals surface area contributed by atoms with Crippen LogP contribution in [0.5, 0.6) is 5.75 Å². The summed E-state index contributed by atoms with van der Waals surface area (Å²) in [6, 6.07) is 14.0. The summed E-state index contributed by atoms with van der Waals surface area (Å²) in [6.07, 6.45) is 3.20. The van der Waals surface area contributed by atoms with E-state index in [1.54, 1.807) is 29.2 Å². The van der Waals surface area contributed by atoms with Crippen LogP contribution in [0.15, 0.2) is 57.7 Å². The van der Waals surface area contributed by atoms with Crippen LogP contribution < -0.4 is 15.1 Å². The van der Waals surface area contributed by atoms with Crippen LogP contribution in [0.3, 0.4) is 0 Å². The van der Waals surface area contributed by atoms with Gasteiger partial charge in [-0.1, -0.05) is 44.0 Å². The Bertz CT molecular complexity index is 1420. The molecule has 34 heavy (non-hydrogen) atoms. The van der Waals surface area contributed by atoms with Gasteiger partial charge in [-0.15, -0.1) is 11.3 Å². The fraction of sp³-hybridized carbons (Fsp3) is 0.296. The second-order valence-corrected chi connectivity index (χ2v) is 9.70. The number of hydrogen-bond acceptors (Lipinski definition) is 6. The average molecular weight is 475 g/mol. The summed E-state index contributed by atoms with van der Waals surface area (Å²) in [7, 11) is 0. The van der Waals surface area contributed by atoms with E-state index >= 15 is 0 Å². The lowest BCUT2D eigenvalue weighted by Gasteiger charge is -2.23. The van der Waals surface area contributed by atoms with Crippen molar-refractivity contribution < 1.29 is 13.9 Å². The summed E-state index contributed by atoms with van der Waals surface area (Å²) in [4.78, 5) is 34.6. The van der Waals surface area contributed by atoms with E-state index in [-0.39, 0.29) is 17.1 Å². The van der Waals surface area contributed by atoms with E-state index in [9.17, 15) is 9.59 Å². The van der Waals surface area contributed by atoms with Crippen molar-refractivity contribution in [3.63, 3.8) is 0 Å². The molecule has 2 aromatic carbocycles. The first kappa shape index (κ1) is 22.3. The second-order valence-electron chi connectivity index (χ2n) is 8.51. The summed E-state index contributed by atoms with van der Waals surface area (Å²) in [5, 5.41) is 1.01. The third-order valence-corrected chi connectivity index (χ3v) is 7.26. The first-order chi connectivity index (χ1) is 16.5. The quantitative estimate of drug-likeness (QED) is 0.299. The lowest BCUT2D eigenvalue weighted by molar-refractivity contribution is 0.0971. The molecular weight excluding hydrogens is 448 g/mol. The molecule has 1 atom stereocenters. The van der Waals surface area contributed by atoms with Crippen molar-refractivity contribution in [1.29, 1.82) is 0 Å². The molecule has 4 aromatic rings. The summed E-state index contributed by atoms with van der Waals surface area (Å²) < 4.78 is 12.0. The molecule has 0 radical (unpaired) electrons. The van der Waals surface area contributed by atoms with Gasteiger partial charge in [-0.3, -0.25) is 14.5 Å². The molecule has 0 N–H and O–H groups in total. The molecule has 0 fully saturated rings. The number of anilines is 1. The molecule has 0 unspecified atom stereocenters. The van der Waals surface area contributed by atoms with Gasteiger partial charge in [0.05, 0.1) is 29.3 Å². The zero-order valence-corrected chi connectivity index (χ0v) is 20.3. The first-order valence-electron chi connectivity index (χ1n) is 11.6. The number of carbonyl (C=O) groups excluding carboxylic acids is 1. The van der Waals surface area contributed by atoms with Crippen LogP contribution in [-0.4, -0.2) is 17.5 Å². The maximum Gasteiger partial charge on any atom is 0.297 e. The van der Waals surface area contributed by atoms with Gasteiger partial charge in [-0.25, -0.2) is 4.98 Å². The molecule has 1 aliphatic rings. The Morgan fingerprint density at radius 3 is 2.68 bits per heavy atom. The van der Waals surface area contributed by atoms with Crippen molar-refractivity contribution in [2.45, 2.75) is 46.1 Å². The van der Waals surface area contributed by atoms with Crippen LogP contribution in [0.1, 0.15) is 64.5 Å². The molecule has 0 saturated carbocycles. The van der Waals surface area contributed by atoms with Crippen molar-refractivity contribution in [3.8, 4) is 5.75 Å². The Kier molecular flexibility index (Phi) is 5.96. The van der Waals surface area contributed by atoms with Crippen LogP contribution in [0.25, 0.3) is 11.0 Å². The number of hydrogen-bond donors (Lipinski definition) is 0. The zero-order chi connectivity index (χ0) is 23.8. The lowest BCUT2D eigenvalue weighted by atomic mass is 9.98. The van der Waals surface area contributed by atoms with Crippen LogP contribution in [0.2, 0.25) is 0 Å². The van der Waals surface area contributed by atoms with Crippen molar-refractivity contribution in [2.24, 2.45) is 0 Å². The van der Waals surface area contributed by atoms with E-state index in [0.717, 1.165) is 35.4 Å². The van der Waals surface area contributed by atoms with Crippen molar-refractivity contribution in [3.05, 3.63) is 86.2 Å². The number of aromatic nitrogens is 1. The standard InChI is InChI=1S/C27H26N2O4S/c1-4-5-8-14-32-19-11-9-10-18(15-19)23-22-24(30)20-12-6-7-13-21(20)33-25(22)26(31)29(23)27-28-16(2)17(3)34-27/h6-7,9-13,15,23H,4-5,8,14H2,1-3H3/t23-/m1/s1. The van der Waals surface area contributed by atoms with Crippen LogP contribution >= 0.6 is 11.3 Å². The monoisotopic (exact) mass is 474 g/mol. The molecular formula is C27H26N2O4S. The molecule has 0 aliphatic carbocycles. The topological polar surface area (TPSA) is 72.6 Å². The molecule has 1 amide bonds. The molecule has 0 bridgehead atoms. The molecule has 3 heterocycles. The maximum atomic E-state index is 13.7. The number of benzene rings is 2. The number of nitrogens with zero attached hydrogens (tertiary/aromatic N) is 2.